The van der Waals surface area contributed by atoms with E-state index in [1.54, 1.807) is 0 Å². The Bertz CT molecular complexity index is 741. The number of hydrogen-bond donors (Lipinski definition) is 2. The Balaban J connectivity index is 1.74. The fourth-order valence-corrected chi connectivity index (χ4v) is 2.88. The van der Waals surface area contributed by atoms with Crippen molar-refractivity contribution in [3.8, 4) is 11.1 Å². The monoisotopic (exact) mass is 326 g/mol. The summed E-state index contributed by atoms with van der Waals surface area (Å²) >= 11 is 0. The molecule has 6 nitrogen and oxygen atoms in total. The second-order valence-electron chi connectivity index (χ2n) is 5.50. The van der Waals surface area contributed by atoms with E-state index in [-0.39, 0.29) is 12.5 Å². The van der Waals surface area contributed by atoms with Gasteiger partial charge in [0.15, 0.2) is 6.10 Å². The van der Waals surface area contributed by atoms with Crippen molar-refractivity contribution in [3.05, 3.63) is 59.7 Å². The van der Waals surface area contributed by atoms with Crippen molar-refractivity contribution in [1.82, 2.24) is 0 Å². The smallest absolute Gasteiger partial charge is 0.334 e. The summed E-state index contributed by atoms with van der Waals surface area (Å²) in [5.41, 5.74) is 4.40. The first kappa shape index (κ1) is 16.0. The van der Waals surface area contributed by atoms with Crippen LogP contribution in [-0.4, -0.2) is 41.5 Å². The first-order valence-corrected chi connectivity index (χ1v) is 7.51. The number of fused-ring (bicyclic) bond motifs is 3. The third-order valence-electron chi connectivity index (χ3n) is 4.01. The maximum absolute atomic E-state index is 11.7. The van der Waals surface area contributed by atoms with Crippen molar-refractivity contribution in [3.63, 3.8) is 0 Å². The zero-order valence-corrected chi connectivity index (χ0v) is 12.8. The fraction of sp³-hybridized carbons (Fsp3) is 0.222. The first-order chi connectivity index (χ1) is 11.6. The number of carbonyl (C=O) groups is 1. The van der Waals surface area contributed by atoms with Crippen LogP contribution in [0.2, 0.25) is 0 Å². The van der Waals surface area contributed by atoms with Gasteiger partial charge in [0.1, 0.15) is 6.08 Å². The van der Waals surface area contributed by atoms with E-state index >= 15 is 0 Å². The lowest BCUT2D eigenvalue weighted by molar-refractivity contribution is -0.251. The predicted octanol–water partition coefficient (Wildman–Crippen LogP) is 0.977. The Kier molecular flexibility index (Phi) is 4.48. The second kappa shape index (κ2) is 6.72. The van der Waals surface area contributed by atoms with Crippen molar-refractivity contribution >= 4 is 12.1 Å². The molecule has 1 aliphatic carbocycles. The predicted molar refractivity (Wildman–Crippen MR) is 85.6 cm³/mol. The van der Waals surface area contributed by atoms with Crippen molar-refractivity contribution in [2.75, 3.05) is 13.2 Å². The molecule has 0 aliphatic heterocycles. The summed E-state index contributed by atoms with van der Waals surface area (Å²) in [7, 11) is 0. The van der Waals surface area contributed by atoms with Crippen molar-refractivity contribution in [2.24, 2.45) is 4.99 Å². The van der Waals surface area contributed by atoms with E-state index < -0.39 is 24.7 Å². The van der Waals surface area contributed by atoms with E-state index in [0.717, 1.165) is 22.3 Å². The SMILES string of the molecule is O=C(O)C(O)CN=C([O-])OCC1c2ccccc2-c2ccccc21. The summed E-state index contributed by atoms with van der Waals surface area (Å²) in [5.74, 6) is -1.51. The fourth-order valence-electron chi connectivity index (χ4n) is 2.88. The van der Waals surface area contributed by atoms with Gasteiger partial charge in [-0.2, -0.15) is 0 Å². The van der Waals surface area contributed by atoms with Gasteiger partial charge in [0.05, 0.1) is 6.54 Å². The summed E-state index contributed by atoms with van der Waals surface area (Å²) in [5, 5.41) is 29.3. The lowest BCUT2D eigenvalue weighted by Gasteiger charge is -2.21. The largest absolute Gasteiger partial charge is 0.599 e. The van der Waals surface area contributed by atoms with Gasteiger partial charge >= 0.3 is 5.97 Å². The average Bonchev–Trinajstić information content (AvgIpc) is 2.92. The van der Waals surface area contributed by atoms with E-state index in [1.165, 1.54) is 0 Å². The second-order valence-corrected chi connectivity index (χ2v) is 5.50. The highest BCUT2D eigenvalue weighted by molar-refractivity contribution is 5.79. The van der Waals surface area contributed by atoms with Crippen LogP contribution in [0.25, 0.3) is 11.1 Å². The Hall–Kier alpha value is -2.86. The van der Waals surface area contributed by atoms with Crippen LogP contribution in [-0.2, 0) is 9.53 Å². The van der Waals surface area contributed by atoms with E-state index in [4.69, 9.17) is 14.9 Å². The van der Waals surface area contributed by atoms with Gasteiger partial charge in [0.25, 0.3) is 0 Å². The van der Waals surface area contributed by atoms with Crippen LogP contribution in [0.5, 0.6) is 0 Å². The van der Waals surface area contributed by atoms with E-state index in [9.17, 15) is 9.90 Å². The number of ether oxygens (including phenoxy) is 1. The Morgan fingerprint density at radius 2 is 1.67 bits per heavy atom. The minimum absolute atomic E-state index is 0.0825. The standard InChI is InChI=1S/C18H17NO5/c20-16(17(21)22)9-19-18(23)24-10-15-13-7-3-1-5-11(13)12-6-2-4-8-14(12)15/h1-8,15-16,20H,9-10H2,(H,19,23)(H,21,22)/p-1. The Morgan fingerprint density at radius 1 is 1.12 bits per heavy atom. The third kappa shape index (κ3) is 3.09. The minimum Gasteiger partial charge on any atom is -0.599 e. The summed E-state index contributed by atoms with van der Waals surface area (Å²) in [6, 6.07) is 15.9. The van der Waals surface area contributed by atoms with Crippen LogP contribution >= 0.6 is 0 Å². The van der Waals surface area contributed by atoms with Gasteiger partial charge in [0.2, 0.25) is 0 Å². The molecule has 2 aromatic carbocycles. The van der Waals surface area contributed by atoms with Crippen LogP contribution in [0, 0.1) is 0 Å². The number of aliphatic hydroxyl groups is 1. The van der Waals surface area contributed by atoms with Gasteiger partial charge in [-0.15, -0.1) is 0 Å². The number of hydrogen-bond acceptors (Lipinski definition) is 5. The van der Waals surface area contributed by atoms with E-state index in [1.807, 2.05) is 48.5 Å². The van der Waals surface area contributed by atoms with Crippen LogP contribution in [0.1, 0.15) is 17.0 Å². The van der Waals surface area contributed by atoms with E-state index in [2.05, 4.69) is 4.99 Å². The molecule has 2 aromatic rings. The maximum Gasteiger partial charge on any atom is 0.334 e. The van der Waals surface area contributed by atoms with Crippen molar-refractivity contribution < 1.29 is 24.9 Å². The van der Waals surface area contributed by atoms with Crippen LogP contribution in [0.4, 0.5) is 0 Å². The topological polar surface area (TPSA) is 102 Å². The number of aliphatic imine (C=N–C) groups is 1. The molecule has 0 saturated carbocycles. The van der Waals surface area contributed by atoms with Crippen molar-refractivity contribution in [2.45, 2.75) is 12.0 Å². The molecule has 124 valence electrons. The van der Waals surface area contributed by atoms with Gasteiger partial charge < -0.3 is 20.1 Å². The molecule has 0 saturated heterocycles. The molecule has 1 aliphatic rings. The van der Waals surface area contributed by atoms with Crippen molar-refractivity contribution in [1.29, 1.82) is 0 Å². The lowest BCUT2D eigenvalue weighted by Crippen LogP contribution is -2.28. The quantitative estimate of drug-likeness (QED) is 0.630. The van der Waals surface area contributed by atoms with E-state index in [0.29, 0.717) is 0 Å². The molecule has 0 spiro atoms. The maximum atomic E-state index is 11.7. The summed E-state index contributed by atoms with van der Waals surface area (Å²) in [6.07, 6.45) is -2.58. The average molecular weight is 326 g/mol. The van der Waals surface area contributed by atoms with Gasteiger partial charge in [-0.3, -0.25) is 4.99 Å². The molecule has 0 fully saturated rings. The van der Waals surface area contributed by atoms with Crippen LogP contribution in [0.15, 0.2) is 53.5 Å². The molecule has 24 heavy (non-hydrogen) atoms. The molecule has 0 aromatic heterocycles. The summed E-state index contributed by atoms with van der Waals surface area (Å²) in [4.78, 5) is 13.9. The van der Waals surface area contributed by atoms with Crippen LogP contribution in [0.3, 0.4) is 0 Å². The Labute approximate surface area is 138 Å². The molecule has 2 N–H and O–H groups in total. The highest BCUT2D eigenvalue weighted by Crippen LogP contribution is 2.44. The lowest BCUT2D eigenvalue weighted by atomic mass is 9.98. The molecule has 0 amide bonds. The first-order valence-electron chi connectivity index (χ1n) is 7.51. The summed E-state index contributed by atoms with van der Waals surface area (Å²) in [6.45, 7) is -0.411. The number of benzene rings is 2. The molecule has 0 bridgehead atoms. The van der Waals surface area contributed by atoms with Gasteiger partial charge in [-0.05, 0) is 22.3 Å². The number of carboxylic acid groups (broad SMARTS) is 1. The number of nitrogens with zero attached hydrogens (tertiary/aromatic N) is 1. The minimum atomic E-state index is -1.70. The third-order valence-corrected chi connectivity index (χ3v) is 4.01. The zero-order chi connectivity index (χ0) is 17.1. The van der Waals surface area contributed by atoms with Crippen LogP contribution < -0.4 is 5.11 Å². The molecular weight excluding hydrogens is 310 g/mol. The molecule has 3 rings (SSSR count). The molecule has 1 unspecified atom stereocenters. The molecule has 1 atom stereocenters. The summed E-state index contributed by atoms with van der Waals surface area (Å²) < 4.78 is 5.16. The Morgan fingerprint density at radius 3 is 2.21 bits per heavy atom. The van der Waals surface area contributed by atoms with Gasteiger partial charge in [-0.1, -0.05) is 48.5 Å². The molecule has 6 heteroatoms. The normalized spacial score (nSPS) is 14.8. The highest BCUT2D eigenvalue weighted by Gasteiger charge is 2.26. The molecule has 0 radical (unpaired) electrons. The molecule has 0 heterocycles. The number of rotatable bonds is 5. The van der Waals surface area contributed by atoms with Gasteiger partial charge in [0, 0.05) is 12.5 Å². The number of aliphatic hydroxyl groups excluding tert-OH is 1. The molecular formula is C18H16NO5-. The highest BCUT2D eigenvalue weighted by atomic mass is 16.6. The number of carboxylic acids is 1. The zero-order valence-electron chi connectivity index (χ0n) is 12.8. The van der Waals surface area contributed by atoms with Gasteiger partial charge in [-0.25, -0.2) is 4.79 Å². The number of aliphatic carboxylic acids is 1.